The second kappa shape index (κ2) is 7.76. The second-order valence-corrected chi connectivity index (χ2v) is 7.36. The number of anilines is 1. The maximum absolute atomic E-state index is 12.4. The number of rotatable bonds is 6. The Hall–Kier alpha value is -1.37. The number of carbonyl (C=O) groups is 1. The third-order valence-electron chi connectivity index (χ3n) is 3.45. The number of amides is 1. The van der Waals surface area contributed by atoms with Gasteiger partial charge in [0.2, 0.25) is 5.91 Å². The molecule has 0 aliphatic heterocycles. The normalized spacial score (nSPS) is 12.4. The van der Waals surface area contributed by atoms with Gasteiger partial charge < -0.3 is 5.32 Å². The smallest absolute Gasteiger partial charge is 0.241 e. The summed E-state index contributed by atoms with van der Waals surface area (Å²) in [5.74, 6) is 0.00184. The molecule has 0 radical (unpaired) electrons. The van der Waals surface area contributed by atoms with Gasteiger partial charge in [-0.25, -0.2) is 4.98 Å². The van der Waals surface area contributed by atoms with Crippen molar-refractivity contribution in [2.75, 3.05) is 18.6 Å². The van der Waals surface area contributed by atoms with Gasteiger partial charge in [-0.05, 0) is 45.4 Å². The van der Waals surface area contributed by atoms with Crippen molar-refractivity contribution >= 4 is 34.7 Å². The molecule has 0 saturated carbocycles. The molecule has 1 aromatic carbocycles. The minimum atomic E-state index is -0.208. The molecule has 2 aromatic rings. The molecule has 22 heavy (non-hydrogen) atoms. The lowest BCUT2D eigenvalue weighted by Gasteiger charge is -2.23. The standard InChI is InChI=1S/C16H21N3OS2/c1-11(19(3)10-15-9-17-12(2)22-15)16(20)18-13-6-5-7-14(8-13)21-4/h5-9,11H,10H2,1-4H3,(H,18,20)/t11-/m1/s1. The zero-order valence-electron chi connectivity index (χ0n) is 13.3. The highest BCUT2D eigenvalue weighted by Crippen LogP contribution is 2.20. The summed E-state index contributed by atoms with van der Waals surface area (Å²) in [5.41, 5.74) is 0.839. The molecule has 1 N–H and O–H groups in total. The number of carbonyl (C=O) groups excluding carboxylic acids is 1. The minimum Gasteiger partial charge on any atom is -0.325 e. The van der Waals surface area contributed by atoms with Crippen molar-refractivity contribution in [3.05, 3.63) is 40.3 Å². The van der Waals surface area contributed by atoms with Crippen LogP contribution in [0.3, 0.4) is 0 Å². The second-order valence-electron chi connectivity index (χ2n) is 5.16. The summed E-state index contributed by atoms with van der Waals surface area (Å²) >= 11 is 3.33. The van der Waals surface area contributed by atoms with E-state index in [9.17, 15) is 4.79 Å². The Morgan fingerprint density at radius 1 is 1.50 bits per heavy atom. The van der Waals surface area contributed by atoms with Gasteiger partial charge in [-0.3, -0.25) is 9.69 Å². The van der Waals surface area contributed by atoms with Crippen molar-refractivity contribution in [3.63, 3.8) is 0 Å². The van der Waals surface area contributed by atoms with Crippen LogP contribution in [0.15, 0.2) is 35.4 Å². The SMILES string of the molecule is CSc1cccc(NC(=O)[C@@H](C)N(C)Cc2cnc(C)s2)c1. The molecule has 1 heterocycles. The fourth-order valence-electron chi connectivity index (χ4n) is 2.01. The highest BCUT2D eigenvalue weighted by atomic mass is 32.2. The molecule has 0 fully saturated rings. The maximum Gasteiger partial charge on any atom is 0.241 e. The molecular formula is C16H21N3OS2. The molecule has 0 bridgehead atoms. The van der Waals surface area contributed by atoms with Crippen LogP contribution in [-0.2, 0) is 11.3 Å². The Labute approximate surface area is 139 Å². The van der Waals surface area contributed by atoms with Crippen LogP contribution >= 0.6 is 23.1 Å². The molecule has 2 rings (SSSR count). The summed E-state index contributed by atoms with van der Waals surface area (Å²) in [6.45, 7) is 4.63. The molecule has 0 unspecified atom stereocenters. The summed E-state index contributed by atoms with van der Waals surface area (Å²) in [5, 5.41) is 4.03. The highest BCUT2D eigenvalue weighted by molar-refractivity contribution is 7.98. The Balaban J connectivity index is 1.95. The fourth-order valence-corrected chi connectivity index (χ4v) is 3.33. The van der Waals surface area contributed by atoms with Crippen LogP contribution in [0, 0.1) is 6.92 Å². The number of likely N-dealkylation sites (N-methyl/N-ethyl adjacent to an activating group) is 1. The third-order valence-corrected chi connectivity index (χ3v) is 5.08. The average Bonchev–Trinajstić information content (AvgIpc) is 2.91. The lowest BCUT2D eigenvalue weighted by atomic mass is 10.2. The van der Waals surface area contributed by atoms with Crippen LogP contribution in [-0.4, -0.2) is 35.1 Å². The van der Waals surface area contributed by atoms with Crippen LogP contribution in [0.5, 0.6) is 0 Å². The Bertz CT molecular complexity index is 642. The first-order chi connectivity index (χ1) is 10.5. The molecule has 118 valence electrons. The van der Waals surface area contributed by atoms with Crippen molar-refractivity contribution in [3.8, 4) is 0 Å². The van der Waals surface area contributed by atoms with Gasteiger partial charge in [-0.2, -0.15) is 0 Å². The molecule has 0 saturated heterocycles. The van der Waals surface area contributed by atoms with Crippen LogP contribution in [0.2, 0.25) is 0 Å². The number of benzene rings is 1. The molecule has 0 aliphatic carbocycles. The number of hydrogen-bond acceptors (Lipinski definition) is 5. The molecular weight excluding hydrogens is 314 g/mol. The third kappa shape index (κ3) is 4.56. The van der Waals surface area contributed by atoms with E-state index >= 15 is 0 Å². The quantitative estimate of drug-likeness (QED) is 0.819. The fraction of sp³-hybridized carbons (Fsp3) is 0.375. The molecule has 1 aromatic heterocycles. The van der Waals surface area contributed by atoms with E-state index in [1.807, 2.05) is 62.5 Å². The van der Waals surface area contributed by atoms with Crippen molar-refractivity contribution < 1.29 is 4.79 Å². The van der Waals surface area contributed by atoms with Gasteiger partial charge in [0.15, 0.2) is 0 Å². The topological polar surface area (TPSA) is 45.2 Å². The van der Waals surface area contributed by atoms with Gasteiger partial charge >= 0.3 is 0 Å². The molecule has 6 heteroatoms. The van der Waals surface area contributed by atoms with Crippen molar-refractivity contribution in [2.45, 2.75) is 31.3 Å². The number of thioether (sulfide) groups is 1. The molecule has 1 atom stereocenters. The highest BCUT2D eigenvalue weighted by Gasteiger charge is 2.19. The van der Waals surface area contributed by atoms with E-state index in [2.05, 4.69) is 10.3 Å². The summed E-state index contributed by atoms with van der Waals surface area (Å²) < 4.78 is 0. The lowest BCUT2D eigenvalue weighted by molar-refractivity contribution is -0.120. The number of aryl methyl sites for hydroxylation is 1. The largest absolute Gasteiger partial charge is 0.325 e. The van der Waals surface area contributed by atoms with Gasteiger partial charge in [-0.15, -0.1) is 23.1 Å². The van der Waals surface area contributed by atoms with Crippen LogP contribution in [0.25, 0.3) is 0 Å². The van der Waals surface area contributed by atoms with Gasteiger partial charge in [0, 0.05) is 28.2 Å². The van der Waals surface area contributed by atoms with Crippen molar-refractivity contribution in [1.29, 1.82) is 0 Å². The predicted octanol–water partition coefficient (Wildman–Crippen LogP) is 3.63. The summed E-state index contributed by atoms with van der Waals surface area (Å²) in [7, 11) is 1.96. The van der Waals surface area contributed by atoms with E-state index in [4.69, 9.17) is 0 Å². The summed E-state index contributed by atoms with van der Waals surface area (Å²) in [4.78, 5) is 21.0. The van der Waals surface area contributed by atoms with Gasteiger partial charge in [0.25, 0.3) is 0 Å². The van der Waals surface area contributed by atoms with E-state index < -0.39 is 0 Å². The van der Waals surface area contributed by atoms with Crippen LogP contribution < -0.4 is 5.32 Å². The first-order valence-corrected chi connectivity index (χ1v) is 9.10. The number of nitrogens with one attached hydrogen (secondary N) is 1. The number of hydrogen-bond donors (Lipinski definition) is 1. The van der Waals surface area contributed by atoms with Crippen LogP contribution in [0.4, 0.5) is 5.69 Å². The van der Waals surface area contributed by atoms with E-state index in [0.717, 1.165) is 22.1 Å². The van der Waals surface area contributed by atoms with E-state index in [1.165, 1.54) is 4.88 Å². The monoisotopic (exact) mass is 335 g/mol. The lowest BCUT2D eigenvalue weighted by Crippen LogP contribution is -2.39. The number of aromatic nitrogens is 1. The van der Waals surface area contributed by atoms with Gasteiger partial charge in [0.05, 0.1) is 11.0 Å². The summed E-state index contributed by atoms with van der Waals surface area (Å²) in [6, 6.07) is 7.68. The molecule has 4 nitrogen and oxygen atoms in total. The van der Waals surface area contributed by atoms with E-state index in [-0.39, 0.29) is 11.9 Å². The molecule has 0 spiro atoms. The average molecular weight is 335 g/mol. The number of thiazole rings is 1. The maximum atomic E-state index is 12.4. The summed E-state index contributed by atoms with van der Waals surface area (Å²) in [6.07, 6.45) is 3.90. The van der Waals surface area contributed by atoms with Crippen molar-refractivity contribution in [1.82, 2.24) is 9.88 Å². The molecule has 0 aliphatic rings. The first kappa shape index (κ1) is 17.0. The van der Waals surface area contributed by atoms with Crippen molar-refractivity contribution in [2.24, 2.45) is 0 Å². The Morgan fingerprint density at radius 3 is 2.91 bits per heavy atom. The van der Waals surface area contributed by atoms with Crippen LogP contribution in [0.1, 0.15) is 16.8 Å². The van der Waals surface area contributed by atoms with Gasteiger partial charge in [-0.1, -0.05) is 6.07 Å². The van der Waals surface area contributed by atoms with E-state index in [1.54, 1.807) is 23.1 Å². The zero-order valence-corrected chi connectivity index (χ0v) is 14.9. The predicted molar refractivity (Wildman–Crippen MR) is 94.6 cm³/mol. The van der Waals surface area contributed by atoms with Gasteiger partial charge in [0.1, 0.15) is 0 Å². The minimum absolute atomic E-state index is 0.00184. The van der Waals surface area contributed by atoms with E-state index in [0.29, 0.717) is 0 Å². The first-order valence-electron chi connectivity index (χ1n) is 7.06. The molecule has 1 amide bonds. The Morgan fingerprint density at radius 2 is 2.27 bits per heavy atom. The number of nitrogens with zero attached hydrogens (tertiary/aromatic N) is 2. The zero-order chi connectivity index (χ0) is 16.1. The Kier molecular flexibility index (Phi) is 5.99.